The molecule has 0 rings (SSSR count). The molecule has 0 amide bonds. The second kappa shape index (κ2) is 3.54. The smallest absolute Gasteiger partial charge is 0.0226 e. The van der Waals surface area contributed by atoms with Crippen molar-refractivity contribution in [3.05, 3.63) is 12.3 Å². The zero-order valence-corrected chi connectivity index (χ0v) is 6.94. The summed E-state index contributed by atoms with van der Waals surface area (Å²) >= 11 is 0. The molecule has 0 aliphatic heterocycles. The van der Waals surface area contributed by atoms with Gasteiger partial charge in [-0.25, -0.2) is 0 Å². The van der Waals surface area contributed by atoms with Gasteiger partial charge >= 0.3 is 0 Å². The van der Waals surface area contributed by atoms with E-state index in [4.69, 9.17) is 0 Å². The Balaban J connectivity index is 3.72. The second-order valence-corrected chi connectivity index (χ2v) is 2.62. The lowest BCUT2D eigenvalue weighted by Gasteiger charge is -2.24. The van der Waals surface area contributed by atoms with Crippen LogP contribution in [0.1, 0.15) is 27.2 Å². The van der Waals surface area contributed by atoms with E-state index in [1.54, 1.807) is 0 Å². The van der Waals surface area contributed by atoms with E-state index in [-0.39, 0.29) is 0 Å². The Morgan fingerprint density at radius 2 is 2.00 bits per heavy atom. The maximum absolute atomic E-state index is 3.92. The van der Waals surface area contributed by atoms with Gasteiger partial charge in [-0.05, 0) is 20.3 Å². The van der Waals surface area contributed by atoms with Gasteiger partial charge in [-0.15, -0.1) is 0 Å². The lowest BCUT2D eigenvalue weighted by atomic mass is 10.3. The summed E-state index contributed by atoms with van der Waals surface area (Å²) in [6.45, 7) is 10.4. The lowest BCUT2D eigenvalue weighted by molar-refractivity contribution is 0.337. The van der Waals surface area contributed by atoms with Crippen LogP contribution in [0.4, 0.5) is 0 Å². The first-order chi connectivity index (χ1) is 4.09. The molecule has 54 valence electrons. The van der Waals surface area contributed by atoms with Crippen LogP contribution < -0.4 is 0 Å². The quantitative estimate of drug-likeness (QED) is 0.562. The minimum Gasteiger partial charge on any atom is -0.376 e. The first kappa shape index (κ1) is 8.54. The fourth-order valence-electron chi connectivity index (χ4n) is 0.615. The Morgan fingerprint density at radius 3 is 2.11 bits per heavy atom. The van der Waals surface area contributed by atoms with Crippen molar-refractivity contribution in [3.63, 3.8) is 0 Å². The van der Waals surface area contributed by atoms with E-state index in [1.165, 1.54) is 5.70 Å². The van der Waals surface area contributed by atoms with Crippen molar-refractivity contribution in [2.45, 2.75) is 33.2 Å². The summed E-state index contributed by atoms with van der Waals surface area (Å²) < 4.78 is 0. The van der Waals surface area contributed by atoms with Gasteiger partial charge in [0, 0.05) is 18.8 Å². The third kappa shape index (κ3) is 2.54. The van der Waals surface area contributed by atoms with Crippen LogP contribution in [-0.4, -0.2) is 18.0 Å². The fourth-order valence-corrected chi connectivity index (χ4v) is 0.615. The molecule has 0 saturated heterocycles. The van der Waals surface area contributed by atoms with Crippen molar-refractivity contribution >= 4 is 0 Å². The Hall–Kier alpha value is -0.460. The molecule has 0 spiro atoms. The molecule has 0 aliphatic rings. The Morgan fingerprint density at radius 1 is 1.56 bits per heavy atom. The zero-order valence-electron chi connectivity index (χ0n) is 6.94. The first-order valence-electron chi connectivity index (χ1n) is 3.50. The monoisotopic (exact) mass is 127 g/mol. The topological polar surface area (TPSA) is 3.24 Å². The number of hydrogen-bond donors (Lipinski definition) is 0. The van der Waals surface area contributed by atoms with Crippen molar-refractivity contribution in [2.75, 3.05) is 7.05 Å². The van der Waals surface area contributed by atoms with Crippen LogP contribution in [0.25, 0.3) is 0 Å². The van der Waals surface area contributed by atoms with Crippen molar-refractivity contribution in [2.24, 2.45) is 0 Å². The van der Waals surface area contributed by atoms with E-state index in [2.05, 4.69) is 39.3 Å². The second-order valence-electron chi connectivity index (χ2n) is 2.62. The molecule has 0 aromatic rings. The number of hydrogen-bond acceptors (Lipinski definition) is 1. The van der Waals surface area contributed by atoms with Gasteiger partial charge in [-0.2, -0.15) is 0 Å². The summed E-state index contributed by atoms with van der Waals surface area (Å²) in [5, 5.41) is 0. The SMILES string of the molecule is C=C(CC)N(C)C(C)C. The number of allylic oxidation sites excluding steroid dienone is 1. The fraction of sp³-hybridized carbons (Fsp3) is 0.750. The van der Waals surface area contributed by atoms with Gasteiger partial charge in [-0.1, -0.05) is 13.5 Å². The van der Waals surface area contributed by atoms with E-state index in [0.717, 1.165) is 6.42 Å². The highest BCUT2D eigenvalue weighted by Gasteiger charge is 2.01. The molecular formula is C8H17N. The predicted molar refractivity (Wildman–Crippen MR) is 42.3 cm³/mol. The molecule has 0 aromatic heterocycles. The molecule has 0 aliphatic carbocycles. The molecule has 0 saturated carbocycles. The van der Waals surface area contributed by atoms with Gasteiger partial charge in [0.15, 0.2) is 0 Å². The summed E-state index contributed by atoms with van der Waals surface area (Å²) in [6.07, 6.45) is 1.05. The molecule has 0 bridgehead atoms. The van der Waals surface area contributed by atoms with Crippen LogP contribution in [0, 0.1) is 0 Å². The molecule has 0 heterocycles. The minimum atomic E-state index is 0.581. The van der Waals surface area contributed by atoms with Gasteiger partial charge in [0.1, 0.15) is 0 Å². The average Bonchev–Trinajstić information content (AvgIpc) is 1.84. The van der Waals surface area contributed by atoms with Crippen LogP contribution in [0.5, 0.6) is 0 Å². The van der Waals surface area contributed by atoms with Gasteiger partial charge in [0.05, 0.1) is 0 Å². The average molecular weight is 127 g/mol. The van der Waals surface area contributed by atoms with Crippen molar-refractivity contribution < 1.29 is 0 Å². The molecule has 0 N–H and O–H groups in total. The van der Waals surface area contributed by atoms with E-state index in [0.29, 0.717) is 6.04 Å². The predicted octanol–water partition coefficient (Wildman–Crippen LogP) is 2.25. The van der Waals surface area contributed by atoms with Crippen molar-refractivity contribution in [1.29, 1.82) is 0 Å². The van der Waals surface area contributed by atoms with Crippen LogP contribution in [0.2, 0.25) is 0 Å². The Kier molecular flexibility index (Phi) is 3.36. The minimum absolute atomic E-state index is 0.581. The molecule has 0 fully saturated rings. The number of rotatable bonds is 3. The largest absolute Gasteiger partial charge is 0.376 e. The van der Waals surface area contributed by atoms with Gasteiger partial charge in [-0.3, -0.25) is 0 Å². The Bertz CT molecular complexity index is 94.7. The molecule has 0 aromatic carbocycles. The van der Waals surface area contributed by atoms with E-state index in [9.17, 15) is 0 Å². The van der Waals surface area contributed by atoms with Crippen molar-refractivity contribution in [1.82, 2.24) is 4.90 Å². The van der Waals surface area contributed by atoms with Crippen LogP contribution in [0.15, 0.2) is 12.3 Å². The van der Waals surface area contributed by atoms with Crippen LogP contribution in [-0.2, 0) is 0 Å². The molecule has 0 atom stereocenters. The van der Waals surface area contributed by atoms with Crippen LogP contribution >= 0.6 is 0 Å². The maximum Gasteiger partial charge on any atom is 0.0226 e. The first-order valence-corrected chi connectivity index (χ1v) is 3.50. The summed E-state index contributed by atoms with van der Waals surface area (Å²) in [4.78, 5) is 2.19. The standard InChI is InChI=1S/C8H17N/c1-6-8(4)9(5)7(2)3/h7H,4,6H2,1-3,5H3. The molecule has 1 nitrogen and oxygen atoms in total. The number of nitrogens with zero attached hydrogens (tertiary/aromatic N) is 1. The van der Waals surface area contributed by atoms with Gasteiger partial charge < -0.3 is 4.90 Å². The van der Waals surface area contributed by atoms with E-state index < -0.39 is 0 Å². The molecule has 0 unspecified atom stereocenters. The lowest BCUT2D eigenvalue weighted by Crippen LogP contribution is -2.24. The summed E-state index contributed by atoms with van der Waals surface area (Å²) in [6, 6.07) is 0.581. The highest BCUT2D eigenvalue weighted by atomic mass is 15.1. The van der Waals surface area contributed by atoms with Crippen molar-refractivity contribution in [3.8, 4) is 0 Å². The normalized spacial score (nSPS) is 9.89. The summed E-state index contributed by atoms with van der Waals surface area (Å²) in [5.41, 5.74) is 1.21. The van der Waals surface area contributed by atoms with E-state index >= 15 is 0 Å². The molecule has 9 heavy (non-hydrogen) atoms. The maximum atomic E-state index is 3.92. The van der Waals surface area contributed by atoms with Gasteiger partial charge in [0.25, 0.3) is 0 Å². The van der Waals surface area contributed by atoms with Crippen LogP contribution in [0.3, 0.4) is 0 Å². The molecule has 1 heteroatoms. The summed E-state index contributed by atoms with van der Waals surface area (Å²) in [5.74, 6) is 0. The molecule has 0 radical (unpaired) electrons. The van der Waals surface area contributed by atoms with E-state index in [1.807, 2.05) is 0 Å². The third-order valence-corrected chi connectivity index (χ3v) is 1.68. The Labute approximate surface area is 58.4 Å². The van der Waals surface area contributed by atoms with Gasteiger partial charge in [0.2, 0.25) is 0 Å². The summed E-state index contributed by atoms with van der Waals surface area (Å²) in [7, 11) is 2.08. The molecular weight excluding hydrogens is 110 g/mol. The highest BCUT2D eigenvalue weighted by molar-refractivity contribution is 4.91. The zero-order chi connectivity index (χ0) is 7.44. The third-order valence-electron chi connectivity index (χ3n) is 1.68. The highest BCUT2D eigenvalue weighted by Crippen LogP contribution is 2.06.